The lowest BCUT2D eigenvalue weighted by Crippen LogP contribution is -2.10. The molecule has 21 heavy (non-hydrogen) atoms. The molecule has 5 heteroatoms. The number of benzene rings is 2. The third kappa shape index (κ3) is 4.16. The summed E-state index contributed by atoms with van der Waals surface area (Å²) in [6.45, 7) is 2.32. The summed E-state index contributed by atoms with van der Waals surface area (Å²) in [5.41, 5.74) is 0.626. The highest BCUT2D eigenvalue weighted by atomic mass is 19.1. The lowest BCUT2D eigenvalue weighted by molar-refractivity contribution is 0.105. The van der Waals surface area contributed by atoms with Gasteiger partial charge in [0.15, 0.2) is 11.6 Å². The van der Waals surface area contributed by atoms with Gasteiger partial charge in [-0.3, -0.25) is 0 Å². The van der Waals surface area contributed by atoms with Crippen LogP contribution in [0.1, 0.15) is 18.6 Å². The fraction of sp³-hybridized carbons (Fsp3) is 0.250. The lowest BCUT2D eigenvalue weighted by atomic mass is 10.1. The average molecular weight is 294 g/mol. The average Bonchev–Trinajstić information content (AvgIpc) is 2.47. The summed E-state index contributed by atoms with van der Waals surface area (Å²) in [5, 5.41) is 9.99. The zero-order valence-electron chi connectivity index (χ0n) is 11.6. The van der Waals surface area contributed by atoms with Crippen LogP contribution in [0.15, 0.2) is 42.5 Å². The van der Waals surface area contributed by atoms with E-state index in [1.165, 1.54) is 6.07 Å². The molecule has 0 amide bonds. The van der Waals surface area contributed by atoms with Gasteiger partial charge < -0.3 is 14.6 Å². The molecule has 1 N–H and O–H groups in total. The number of hydrogen-bond acceptors (Lipinski definition) is 3. The van der Waals surface area contributed by atoms with Crippen LogP contribution in [-0.2, 0) is 0 Å². The molecular weight excluding hydrogens is 278 g/mol. The van der Waals surface area contributed by atoms with Crippen molar-refractivity contribution in [1.29, 1.82) is 0 Å². The van der Waals surface area contributed by atoms with Crippen molar-refractivity contribution in [2.24, 2.45) is 0 Å². The largest absolute Gasteiger partial charge is 0.494 e. The molecule has 0 aromatic heterocycles. The van der Waals surface area contributed by atoms with Crippen molar-refractivity contribution in [2.45, 2.75) is 13.0 Å². The Labute approximate surface area is 121 Å². The molecule has 3 nitrogen and oxygen atoms in total. The van der Waals surface area contributed by atoms with E-state index in [1.54, 1.807) is 24.3 Å². The van der Waals surface area contributed by atoms with Gasteiger partial charge in [0.1, 0.15) is 24.3 Å². The van der Waals surface area contributed by atoms with Crippen LogP contribution in [0.25, 0.3) is 0 Å². The third-order valence-corrected chi connectivity index (χ3v) is 2.87. The lowest BCUT2D eigenvalue weighted by Gasteiger charge is -2.13. The Morgan fingerprint density at radius 2 is 1.76 bits per heavy atom. The second-order valence-electron chi connectivity index (χ2n) is 4.40. The van der Waals surface area contributed by atoms with Gasteiger partial charge in [-0.25, -0.2) is 8.78 Å². The Balaban J connectivity index is 1.96. The SMILES string of the molecule is CCOc1ccc(C(O)COc2ccc(F)cc2F)cc1. The van der Waals surface area contributed by atoms with Gasteiger partial charge in [0.2, 0.25) is 0 Å². The van der Waals surface area contributed by atoms with Gasteiger partial charge in [-0.2, -0.15) is 0 Å². The molecule has 0 heterocycles. The summed E-state index contributed by atoms with van der Waals surface area (Å²) in [7, 11) is 0. The summed E-state index contributed by atoms with van der Waals surface area (Å²) < 4.78 is 36.6. The van der Waals surface area contributed by atoms with E-state index < -0.39 is 17.7 Å². The van der Waals surface area contributed by atoms with Crippen LogP contribution in [0.2, 0.25) is 0 Å². The molecule has 0 radical (unpaired) electrons. The second-order valence-corrected chi connectivity index (χ2v) is 4.40. The van der Waals surface area contributed by atoms with Gasteiger partial charge in [-0.15, -0.1) is 0 Å². The van der Waals surface area contributed by atoms with Crippen molar-refractivity contribution in [3.05, 3.63) is 59.7 Å². The monoisotopic (exact) mass is 294 g/mol. The topological polar surface area (TPSA) is 38.7 Å². The number of aliphatic hydroxyl groups is 1. The highest BCUT2D eigenvalue weighted by Crippen LogP contribution is 2.21. The van der Waals surface area contributed by atoms with Crippen molar-refractivity contribution >= 4 is 0 Å². The number of aliphatic hydroxyl groups excluding tert-OH is 1. The van der Waals surface area contributed by atoms with Crippen LogP contribution in [-0.4, -0.2) is 18.3 Å². The van der Waals surface area contributed by atoms with Crippen LogP contribution in [0.3, 0.4) is 0 Å². The smallest absolute Gasteiger partial charge is 0.167 e. The first-order chi connectivity index (χ1) is 10.1. The molecule has 0 aliphatic rings. The van der Waals surface area contributed by atoms with Crippen LogP contribution in [0.4, 0.5) is 8.78 Å². The zero-order chi connectivity index (χ0) is 15.2. The van der Waals surface area contributed by atoms with Gasteiger partial charge in [-0.1, -0.05) is 12.1 Å². The molecule has 2 aromatic carbocycles. The Morgan fingerprint density at radius 1 is 1.05 bits per heavy atom. The van der Waals surface area contributed by atoms with Crippen molar-refractivity contribution in [2.75, 3.05) is 13.2 Å². The Hall–Kier alpha value is -2.14. The molecule has 0 spiro atoms. The maximum Gasteiger partial charge on any atom is 0.167 e. The maximum absolute atomic E-state index is 13.4. The molecule has 0 saturated carbocycles. The van der Waals surface area contributed by atoms with Crippen LogP contribution in [0, 0.1) is 11.6 Å². The summed E-state index contributed by atoms with van der Waals surface area (Å²) in [4.78, 5) is 0. The zero-order valence-corrected chi connectivity index (χ0v) is 11.6. The van der Waals surface area contributed by atoms with Gasteiger partial charge in [0.05, 0.1) is 6.61 Å². The van der Waals surface area contributed by atoms with E-state index in [4.69, 9.17) is 9.47 Å². The van der Waals surface area contributed by atoms with E-state index >= 15 is 0 Å². The van der Waals surface area contributed by atoms with Gasteiger partial charge in [0, 0.05) is 6.07 Å². The molecule has 1 unspecified atom stereocenters. The quantitative estimate of drug-likeness (QED) is 0.886. The second kappa shape index (κ2) is 7.04. The van der Waals surface area contributed by atoms with E-state index in [2.05, 4.69) is 0 Å². The van der Waals surface area contributed by atoms with Gasteiger partial charge >= 0.3 is 0 Å². The fourth-order valence-electron chi connectivity index (χ4n) is 1.81. The third-order valence-electron chi connectivity index (χ3n) is 2.87. The van der Waals surface area contributed by atoms with E-state index in [1.807, 2.05) is 6.92 Å². The molecule has 2 aromatic rings. The molecule has 0 saturated heterocycles. The number of rotatable bonds is 6. The highest BCUT2D eigenvalue weighted by molar-refractivity contribution is 5.29. The predicted molar refractivity (Wildman–Crippen MR) is 74.4 cm³/mol. The van der Waals surface area contributed by atoms with Crippen LogP contribution < -0.4 is 9.47 Å². The number of halogens is 2. The first-order valence-corrected chi connectivity index (χ1v) is 6.59. The molecule has 0 aliphatic carbocycles. The van der Waals surface area contributed by atoms with E-state index in [9.17, 15) is 13.9 Å². The Bertz CT molecular complexity index is 585. The summed E-state index contributed by atoms with van der Waals surface area (Å²) in [5.74, 6) is -0.860. The minimum atomic E-state index is -0.912. The molecular formula is C16H16F2O3. The Morgan fingerprint density at radius 3 is 2.38 bits per heavy atom. The number of ether oxygens (including phenoxy) is 2. The van der Waals surface area contributed by atoms with Crippen LogP contribution in [0.5, 0.6) is 11.5 Å². The highest BCUT2D eigenvalue weighted by Gasteiger charge is 2.11. The van der Waals surface area contributed by atoms with E-state index in [0.717, 1.165) is 12.1 Å². The van der Waals surface area contributed by atoms with Crippen molar-refractivity contribution in [3.63, 3.8) is 0 Å². The molecule has 0 aliphatic heterocycles. The summed E-state index contributed by atoms with van der Waals surface area (Å²) in [6, 6.07) is 9.91. The minimum absolute atomic E-state index is 0.0959. The van der Waals surface area contributed by atoms with E-state index in [0.29, 0.717) is 17.9 Å². The predicted octanol–water partition coefficient (Wildman–Crippen LogP) is 3.48. The maximum atomic E-state index is 13.4. The Kier molecular flexibility index (Phi) is 5.11. The normalized spacial score (nSPS) is 12.0. The first-order valence-electron chi connectivity index (χ1n) is 6.59. The first kappa shape index (κ1) is 15.3. The van der Waals surface area contributed by atoms with Gasteiger partial charge in [0.25, 0.3) is 0 Å². The van der Waals surface area contributed by atoms with E-state index in [-0.39, 0.29) is 12.4 Å². The molecule has 2 rings (SSSR count). The molecule has 0 fully saturated rings. The minimum Gasteiger partial charge on any atom is -0.494 e. The van der Waals surface area contributed by atoms with Crippen molar-refractivity contribution in [1.82, 2.24) is 0 Å². The molecule has 1 atom stereocenters. The van der Waals surface area contributed by atoms with Crippen molar-refractivity contribution < 1.29 is 23.4 Å². The summed E-state index contributed by atoms with van der Waals surface area (Å²) in [6.07, 6.45) is -0.912. The summed E-state index contributed by atoms with van der Waals surface area (Å²) >= 11 is 0. The molecule has 112 valence electrons. The van der Waals surface area contributed by atoms with Crippen LogP contribution >= 0.6 is 0 Å². The molecule has 0 bridgehead atoms. The van der Waals surface area contributed by atoms with Crippen molar-refractivity contribution in [3.8, 4) is 11.5 Å². The van der Waals surface area contributed by atoms with Gasteiger partial charge in [-0.05, 0) is 36.8 Å². The fourth-order valence-corrected chi connectivity index (χ4v) is 1.81. The standard InChI is InChI=1S/C16H16F2O3/c1-2-20-13-6-3-11(4-7-13)15(19)10-21-16-8-5-12(17)9-14(16)18/h3-9,15,19H,2,10H2,1H3. The number of hydrogen-bond donors (Lipinski definition) is 1.